The second-order valence-corrected chi connectivity index (χ2v) is 8.83. The van der Waals surface area contributed by atoms with Crippen LogP contribution < -0.4 is 0 Å². The number of hydrogen-bond donors (Lipinski definition) is 0. The van der Waals surface area contributed by atoms with Crippen molar-refractivity contribution in [1.29, 1.82) is 0 Å². The van der Waals surface area contributed by atoms with Crippen molar-refractivity contribution in [3.63, 3.8) is 0 Å². The monoisotopic (exact) mass is 322 g/mol. The van der Waals surface area contributed by atoms with E-state index >= 15 is 0 Å². The molecule has 0 aromatic carbocycles. The lowest BCUT2D eigenvalue weighted by Crippen LogP contribution is -2.42. The highest BCUT2D eigenvalue weighted by molar-refractivity contribution is 5.53. The van der Waals surface area contributed by atoms with E-state index in [1.807, 2.05) is 0 Å². The van der Waals surface area contributed by atoms with E-state index in [1.54, 1.807) is 27.9 Å². The second-order valence-electron chi connectivity index (χ2n) is 8.83. The molecule has 0 saturated carbocycles. The Hall–Kier alpha value is -1.04. The van der Waals surface area contributed by atoms with Crippen molar-refractivity contribution in [2.24, 2.45) is 10.8 Å². The van der Waals surface area contributed by atoms with Gasteiger partial charge in [-0.25, -0.2) is 0 Å². The Morgan fingerprint density at radius 3 is 1.79 bits per heavy atom. The first-order valence-electron chi connectivity index (χ1n) is 10.4. The normalized spacial score (nSPS) is 36.9. The lowest BCUT2D eigenvalue weighted by atomic mass is 9.52. The largest absolute Gasteiger partial charge is 0.0844 e. The lowest BCUT2D eigenvalue weighted by molar-refractivity contribution is 0.224. The van der Waals surface area contributed by atoms with Gasteiger partial charge in [0.05, 0.1) is 0 Å². The van der Waals surface area contributed by atoms with E-state index in [4.69, 9.17) is 0 Å². The zero-order valence-corrected chi connectivity index (χ0v) is 16.0. The van der Waals surface area contributed by atoms with E-state index in [-0.39, 0.29) is 10.8 Å². The molecule has 24 heavy (non-hydrogen) atoms. The van der Waals surface area contributed by atoms with Crippen molar-refractivity contribution in [2.75, 3.05) is 0 Å². The van der Waals surface area contributed by atoms with Crippen molar-refractivity contribution in [2.45, 2.75) is 91.4 Å². The standard InChI is InChI=1S/C24H34/c1-18-17-24(22-15-9-10-16-22,21-13-5-4-6-14-21)23(3,19(18)2)20-11-7-8-12-20/h11,13,15H,4-10,12,14,16-17H2,1-3H3. The number of hydrogen-bond acceptors (Lipinski definition) is 0. The maximum Gasteiger partial charge on any atom is 0.0285 e. The maximum atomic E-state index is 2.66. The number of rotatable bonds is 3. The molecule has 0 spiro atoms. The Balaban J connectivity index is 1.93. The molecule has 4 aliphatic carbocycles. The molecule has 130 valence electrons. The van der Waals surface area contributed by atoms with E-state index < -0.39 is 0 Å². The van der Waals surface area contributed by atoms with Crippen LogP contribution in [-0.4, -0.2) is 0 Å². The Bertz CT molecular complexity index is 654. The molecular formula is C24H34. The molecular weight excluding hydrogens is 288 g/mol. The van der Waals surface area contributed by atoms with Gasteiger partial charge in [0.2, 0.25) is 0 Å². The summed E-state index contributed by atoms with van der Waals surface area (Å²) < 4.78 is 0. The molecule has 2 atom stereocenters. The summed E-state index contributed by atoms with van der Waals surface area (Å²) >= 11 is 0. The molecule has 4 rings (SSSR count). The molecule has 0 aromatic rings. The third kappa shape index (κ3) is 2.11. The zero-order valence-electron chi connectivity index (χ0n) is 16.0. The fourth-order valence-electron chi connectivity index (χ4n) is 6.45. The van der Waals surface area contributed by atoms with Gasteiger partial charge in [0.1, 0.15) is 0 Å². The minimum atomic E-state index is 0.243. The van der Waals surface area contributed by atoms with Crippen molar-refractivity contribution in [1.82, 2.24) is 0 Å². The molecule has 0 saturated heterocycles. The predicted octanol–water partition coefficient (Wildman–Crippen LogP) is 7.44. The summed E-state index contributed by atoms with van der Waals surface area (Å²) in [6.07, 6.45) is 22.6. The van der Waals surface area contributed by atoms with Crippen LogP contribution in [0.3, 0.4) is 0 Å². The van der Waals surface area contributed by atoms with Crippen LogP contribution in [0.2, 0.25) is 0 Å². The Morgan fingerprint density at radius 2 is 1.25 bits per heavy atom. The van der Waals surface area contributed by atoms with Crippen LogP contribution in [0, 0.1) is 10.8 Å². The summed E-state index contributed by atoms with van der Waals surface area (Å²) in [5.74, 6) is 0. The Labute approximate surface area is 148 Å². The van der Waals surface area contributed by atoms with E-state index in [9.17, 15) is 0 Å². The van der Waals surface area contributed by atoms with Gasteiger partial charge in [0.25, 0.3) is 0 Å². The maximum absolute atomic E-state index is 2.66. The van der Waals surface area contributed by atoms with Gasteiger partial charge in [-0.2, -0.15) is 0 Å². The van der Waals surface area contributed by atoms with Gasteiger partial charge in [0, 0.05) is 10.8 Å². The smallest absolute Gasteiger partial charge is 0.0285 e. The van der Waals surface area contributed by atoms with Gasteiger partial charge in [0.15, 0.2) is 0 Å². The molecule has 0 radical (unpaired) electrons. The molecule has 0 fully saturated rings. The minimum absolute atomic E-state index is 0.243. The van der Waals surface area contributed by atoms with Gasteiger partial charge < -0.3 is 0 Å². The van der Waals surface area contributed by atoms with Crippen LogP contribution in [0.25, 0.3) is 0 Å². The summed E-state index contributed by atoms with van der Waals surface area (Å²) in [7, 11) is 0. The molecule has 4 aliphatic rings. The van der Waals surface area contributed by atoms with Crippen molar-refractivity contribution in [3.8, 4) is 0 Å². The van der Waals surface area contributed by atoms with E-state index in [2.05, 4.69) is 39.0 Å². The summed E-state index contributed by atoms with van der Waals surface area (Å²) in [4.78, 5) is 0. The molecule has 0 bridgehead atoms. The molecule has 0 nitrogen and oxygen atoms in total. The van der Waals surface area contributed by atoms with Crippen molar-refractivity contribution in [3.05, 3.63) is 46.1 Å². The summed E-state index contributed by atoms with van der Waals surface area (Å²) in [6, 6.07) is 0. The van der Waals surface area contributed by atoms with Crippen LogP contribution in [0.4, 0.5) is 0 Å². The summed E-state index contributed by atoms with van der Waals surface area (Å²) in [5.41, 5.74) is 9.24. The molecule has 2 unspecified atom stereocenters. The fourth-order valence-corrected chi connectivity index (χ4v) is 6.45. The van der Waals surface area contributed by atoms with Gasteiger partial charge in [-0.1, -0.05) is 53.0 Å². The van der Waals surface area contributed by atoms with E-state index in [1.165, 1.54) is 70.6 Å². The van der Waals surface area contributed by atoms with Crippen LogP contribution in [-0.2, 0) is 0 Å². The molecule has 0 aliphatic heterocycles. The SMILES string of the molecule is CC1=C(C)C(C)(C2=CCCC2)C(C2=CCCC2)(C2=CCCCC2)C1. The zero-order chi connectivity index (χ0) is 16.8. The third-order valence-corrected chi connectivity index (χ3v) is 7.89. The van der Waals surface area contributed by atoms with Gasteiger partial charge in [-0.15, -0.1) is 0 Å². The Kier molecular flexibility index (Phi) is 4.14. The molecule has 0 amide bonds. The molecule has 0 heteroatoms. The minimum Gasteiger partial charge on any atom is -0.0844 e. The molecule has 0 aromatic heterocycles. The average Bonchev–Trinajstić information content (AvgIpc) is 3.34. The lowest BCUT2D eigenvalue weighted by Gasteiger charge is -2.50. The van der Waals surface area contributed by atoms with Gasteiger partial charge in [-0.3, -0.25) is 0 Å². The average molecular weight is 323 g/mol. The highest BCUT2D eigenvalue weighted by Gasteiger charge is 2.58. The first kappa shape index (κ1) is 16.4. The highest BCUT2D eigenvalue weighted by atomic mass is 14.6. The predicted molar refractivity (Wildman–Crippen MR) is 104 cm³/mol. The fraction of sp³-hybridized carbons (Fsp3) is 0.667. The van der Waals surface area contributed by atoms with Gasteiger partial charge >= 0.3 is 0 Å². The van der Waals surface area contributed by atoms with Crippen LogP contribution in [0.15, 0.2) is 46.1 Å². The summed E-state index contributed by atoms with van der Waals surface area (Å²) in [5, 5.41) is 0. The summed E-state index contributed by atoms with van der Waals surface area (Å²) in [6.45, 7) is 7.49. The van der Waals surface area contributed by atoms with Crippen molar-refractivity contribution < 1.29 is 0 Å². The molecule has 0 N–H and O–H groups in total. The van der Waals surface area contributed by atoms with Gasteiger partial charge in [-0.05, 0) is 84.5 Å². The quantitative estimate of drug-likeness (QED) is 0.474. The van der Waals surface area contributed by atoms with E-state index in [0.29, 0.717) is 0 Å². The van der Waals surface area contributed by atoms with Crippen molar-refractivity contribution >= 4 is 0 Å². The topological polar surface area (TPSA) is 0 Å². The first-order chi connectivity index (χ1) is 11.6. The van der Waals surface area contributed by atoms with Crippen LogP contribution in [0.5, 0.6) is 0 Å². The number of allylic oxidation sites excluding steroid dienone is 8. The van der Waals surface area contributed by atoms with Crippen LogP contribution in [0.1, 0.15) is 91.4 Å². The second kappa shape index (κ2) is 6.04. The first-order valence-corrected chi connectivity index (χ1v) is 10.4. The van der Waals surface area contributed by atoms with Crippen LogP contribution >= 0.6 is 0 Å². The Morgan fingerprint density at radius 1 is 0.708 bits per heavy atom. The molecule has 0 heterocycles. The highest BCUT2D eigenvalue weighted by Crippen LogP contribution is 2.69. The third-order valence-electron chi connectivity index (χ3n) is 7.89. The van der Waals surface area contributed by atoms with E-state index in [0.717, 1.165) is 0 Å².